The summed E-state index contributed by atoms with van der Waals surface area (Å²) >= 11 is 0. The van der Waals surface area contributed by atoms with Crippen LogP contribution in [0, 0.1) is 18.3 Å². The van der Waals surface area contributed by atoms with Crippen molar-refractivity contribution in [3.63, 3.8) is 0 Å². The van der Waals surface area contributed by atoms with E-state index in [1.807, 2.05) is 49.4 Å². The monoisotopic (exact) mass is 286 g/mol. The molecule has 2 heterocycles. The molecule has 0 fully saturated rings. The summed E-state index contributed by atoms with van der Waals surface area (Å²) in [7, 11) is 0. The van der Waals surface area contributed by atoms with E-state index in [9.17, 15) is 5.26 Å². The van der Waals surface area contributed by atoms with Gasteiger partial charge in [-0.1, -0.05) is 29.8 Å². The number of hydrogen-bond donors (Lipinski definition) is 1. The van der Waals surface area contributed by atoms with Crippen molar-refractivity contribution in [2.75, 3.05) is 5.73 Å². The van der Waals surface area contributed by atoms with Gasteiger partial charge in [0.15, 0.2) is 0 Å². The molecule has 106 valence electrons. The Balaban J connectivity index is 2.22. The first-order chi connectivity index (χ1) is 10.7. The maximum absolute atomic E-state index is 9.39. The van der Waals surface area contributed by atoms with Crippen molar-refractivity contribution in [1.29, 1.82) is 5.26 Å². The highest BCUT2D eigenvalue weighted by Gasteiger charge is 2.13. The lowest BCUT2D eigenvalue weighted by Crippen LogP contribution is -1.99. The lowest BCUT2D eigenvalue weighted by Gasteiger charge is -2.10. The van der Waals surface area contributed by atoms with Gasteiger partial charge >= 0.3 is 0 Å². The van der Waals surface area contributed by atoms with Gasteiger partial charge in [-0.25, -0.2) is 4.98 Å². The highest BCUT2D eigenvalue weighted by Crippen LogP contribution is 2.30. The number of aryl methyl sites for hydroxylation is 1. The lowest BCUT2D eigenvalue weighted by atomic mass is 9.98. The predicted molar refractivity (Wildman–Crippen MR) is 86.8 cm³/mol. The SMILES string of the molecule is Cc1ccc(-c2cc(-c3cccnc3)nc(N)c2C#N)cc1. The molecular weight excluding hydrogens is 272 g/mol. The van der Waals surface area contributed by atoms with E-state index in [2.05, 4.69) is 16.0 Å². The van der Waals surface area contributed by atoms with Crippen LogP contribution in [-0.4, -0.2) is 9.97 Å². The Labute approximate surface area is 128 Å². The molecule has 0 bridgehead atoms. The summed E-state index contributed by atoms with van der Waals surface area (Å²) in [6.07, 6.45) is 3.43. The summed E-state index contributed by atoms with van der Waals surface area (Å²) in [4.78, 5) is 8.43. The summed E-state index contributed by atoms with van der Waals surface area (Å²) in [6, 6.07) is 15.8. The zero-order valence-corrected chi connectivity index (χ0v) is 12.1. The maximum Gasteiger partial charge on any atom is 0.142 e. The van der Waals surface area contributed by atoms with E-state index in [0.29, 0.717) is 11.3 Å². The number of nitrogen functional groups attached to an aromatic ring is 1. The number of nitrogens with two attached hydrogens (primary N) is 1. The number of anilines is 1. The normalized spacial score (nSPS) is 10.2. The van der Waals surface area contributed by atoms with Crippen LogP contribution in [0.25, 0.3) is 22.4 Å². The van der Waals surface area contributed by atoms with Crippen molar-refractivity contribution in [2.24, 2.45) is 0 Å². The molecule has 0 radical (unpaired) electrons. The topological polar surface area (TPSA) is 75.6 Å². The minimum absolute atomic E-state index is 0.236. The van der Waals surface area contributed by atoms with Gasteiger partial charge in [0, 0.05) is 23.5 Å². The summed E-state index contributed by atoms with van der Waals surface area (Å²) < 4.78 is 0. The highest BCUT2D eigenvalue weighted by molar-refractivity contribution is 5.80. The quantitative estimate of drug-likeness (QED) is 0.781. The van der Waals surface area contributed by atoms with Crippen LogP contribution in [0.4, 0.5) is 5.82 Å². The average Bonchev–Trinajstić information content (AvgIpc) is 2.55. The fraction of sp³-hybridized carbons (Fsp3) is 0.0556. The summed E-state index contributed by atoms with van der Waals surface area (Å²) in [5.74, 6) is 0.236. The fourth-order valence-electron chi connectivity index (χ4n) is 2.31. The van der Waals surface area contributed by atoms with Gasteiger partial charge in [0.2, 0.25) is 0 Å². The molecule has 0 saturated carbocycles. The molecule has 22 heavy (non-hydrogen) atoms. The van der Waals surface area contributed by atoms with Gasteiger partial charge in [0.1, 0.15) is 17.5 Å². The number of pyridine rings is 2. The van der Waals surface area contributed by atoms with Crippen molar-refractivity contribution in [1.82, 2.24) is 9.97 Å². The predicted octanol–water partition coefficient (Wildman–Crippen LogP) is 3.57. The zero-order valence-electron chi connectivity index (χ0n) is 12.1. The molecule has 0 spiro atoms. The number of nitriles is 1. The Morgan fingerprint density at radius 1 is 1.09 bits per heavy atom. The van der Waals surface area contributed by atoms with E-state index < -0.39 is 0 Å². The van der Waals surface area contributed by atoms with Gasteiger partial charge in [-0.2, -0.15) is 5.26 Å². The summed E-state index contributed by atoms with van der Waals surface area (Å²) in [6.45, 7) is 2.02. The molecule has 0 aliphatic carbocycles. The Bertz CT molecular complexity index is 847. The van der Waals surface area contributed by atoms with E-state index in [-0.39, 0.29) is 5.82 Å². The number of rotatable bonds is 2. The van der Waals surface area contributed by atoms with Gasteiger partial charge in [0.05, 0.1) is 5.69 Å². The Kier molecular flexibility index (Phi) is 3.55. The van der Waals surface area contributed by atoms with Gasteiger partial charge in [-0.05, 0) is 30.7 Å². The molecular formula is C18H14N4. The van der Waals surface area contributed by atoms with Crippen LogP contribution >= 0.6 is 0 Å². The molecule has 0 atom stereocenters. The van der Waals surface area contributed by atoms with E-state index in [1.54, 1.807) is 12.4 Å². The molecule has 4 heteroatoms. The third-order valence-corrected chi connectivity index (χ3v) is 3.48. The standard InChI is InChI=1S/C18H14N4/c1-12-4-6-13(7-5-12)15-9-17(14-3-2-8-21-11-14)22-18(20)16(15)10-19/h2-9,11H,1H3,(H2,20,22). The first kappa shape index (κ1) is 13.8. The van der Waals surface area contributed by atoms with Gasteiger partial charge in [-0.3, -0.25) is 4.98 Å². The molecule has 0 saturated heterocycles. The van der Waals surface area contributed by atoms with Crippen LogP contribution < -0.4 is 5.73 Å². The minimum atomic E-state index is 0.236. The van der Waals surface area contributed by atoms with Crippen molar-refractivity contribution < 1.29 is 0 Å². The first-order valence-electron chi connectivity index (χ1n) is 6.87. The molecule has 2 N–H and O–H groups in total. The third-order valence-electron chi connectivity index (χ3n) is 3.48. The molecule has 1 aromatic carbocycles. The molecule has 0 unspecified atom stereocenters. The van der Waals surface area contributed by atoms with Crippen LogP contribution in [0.1, 0.15) is 11.1 Å². The molecule has 3 rings (SSSR count). The minimum Gasteiger partial charge on any atom is -0.383 e. The molecule has 2 aromatic heterocycles. The van der Waals surface area contributed by atoms with Crippen LogP contribution in [0.3, 0.4) is 0 Å². The van der Waals surface area contributed by atoms with Crippen molar-refractivity contribution in [3.8, 4) is 28.5 Å². The van der Waals surface area contributed by atoms with Gasteiger partial charge in [-0.15, -0.1) is 0 Å². The molecule has 4 nitrogen and oxygen atoms in total. The number of benzene rings is 1. The fourth-order valence-corrected chi connectivity index (χ4v) is 2.31. The molecule has 0 amide bonds. The van der Waals surface area contributed by atoms with Crippen LogP contribution in [-0.2, 0) is 0 Å². The Morgan fingerprint density at radius 2 is 1.86 bits per heavy atom. The number of aromatic nitrogens is 2. The number of hydrogen-bond acceptors (Lipinski definition) is 4. The van der Waals surface area contributed by atoms with Crippen molar-refractivity contribution in [2.45, 2.75) is 6.92 Å². The second kappa shape index (κ2) is 5.66. The van der Waals surface area contributed by atoms with E-state index in [0.717, 1.165) is 22.3 Å². The average molecular weight is 286 g/mol. The maximum atomic E-state index is 9.39. The van der Waals surface area contributed by atoms with E-state index >= 15 is 0 Å². The Morgan fingerprint density at radius 3 is 2.50 bits per heavy atom. The number of nitrogens with zero attached hydrogens (tertiary/aromatic N) is 3. The smallest absolute Gasteiger partial charge is 0.142 e. The lowest BCUT2D eigenvalue weighted by molar-refractivity contribution is 1.27. The van der Waals surface area contributed by atoms with Gasteiger partial charge in [0.25, 0.3) is 0 Å². The molecule has 3 aromatic rings. The van der Waals surface area contributed by atoms with Crippen LogP contribution in [0.5, 0.6) is 0 Å². The van der Waals surface area contributed by atoms with Crippen LogP contribution in [0.15, 0.2) is 54.9 Å². The largest absolute Gasteiger partial charge is 0.383 e. The summed E-state index contributed by atoms with van der Waals surface area (Å²) in [5.41, 5.74) is 10.9. The van der Waals surface area contributed by atoms with Gasteiger partial charge < -0.3 is 5.73 Å². The molecule has 0 aliphatic rings. The molecule has 0 aliphatic heterocycles. The van der Waals surface area contributed by atoms with Crippen molar-refractivity contribution >= 4 is 5.82 Å². The van der Waals surface area contributed by atoms with Crippen molar-refractivity contribution in [3.05, 3.63) is 66.0 Å². The highest BCUT2D eigenvalue weighted by atomic mass is 14.8. The second-order valence-electron chi connectivity index (χ2n) is 5.03. The summed E-state index contributed by atoms with van der Waals surface area (Å²) in [5, 5.41) is 9.39. The Hall–Kier alpha value is -3.19. The van der Waals surface area contributed by atoms with E-state index in [4.69, 9.17) is 5.73 Å². The van der Waals surface area contributed by atoms with E-state index in [1.165, 1.54) is 0 Å². The third kappa shape index (κ3) is 2.52. The zero-order chi connectivity index (χ0) is 15.5. The second-order valence-corrected chi connectivity index (χ2v) is 5.03. The van der Waals surface area contributed by atoms with Crippen LogP contribution in [0.2, 0.25) is 0 Å². The first-order valence-corrected chi connectivity index (χ1v) is 6.87.